The zero-order chi connectivity index (χ0) is 15.8. The second-order valence-corrected chi connectivity index (χ2v) is 6.59. The average Bonchev–Trinajstić information content (AvgIpc) is 2.85. The Kier molecular flexibility index (Phi) is 6.86. The van der Waals surface area contributed by atoms with Crippen LogP contribution in [0.5, 0.6) is 5.75 Å². The van der Waals surface area contributed by atoms with Crippen molar-refractivity contribution in [3.05, 3.63) is 29.8 Å². The molecule has 118 valence electrons. The standard InChI is InChI=1S/C16H20N2O2S2/c1-2-3-4-5-10-20-14-8-6-13(7-9-14)11-17-18-15(19)12-22-16(18)21/h6-9,11H,2-5,10,12H2,1H3/b17-11+. The third-order valence-corrected chi connectivity index (χ3v) is 4.53. The van der Waals surface area contributed by atoms with Gasteiger partial charge in [-0.05, 0) is 36.2 Å². The van der Waals surface area contributed by atoms with Gasteiger partial charge in [0.2, 0.25) is 0 Å². The molecule has 0 atom stereocenters. The third-order valence-electron chi connectivity index (χ3n) is 3.20. The molecule has 0 unspecified atom stereocenters. The molecule has 0 saturated carbocycles. The van der Waals surface area contributed by atoms with Gasteiger partial charge in [-0.25, -0.2) is 0 Å². The van der Waals surface area contributed by atoms with Crippen LogP contribution in [0.3, 0.4) is 0 Å². The maximum absolute atomic E-state index is 11.5. The molecule has 1 aliphatic rings. The molecule has 1 heterocycles. The van der Waals surface area contributed by atoms with Gasteiger partial charge in [-0.3, -0.25) is 4.79 Å². The Bertz CT molecular complexity index is 528. The van der Waals surface area contributed by atoms with Crippen molar-refractivity contribution in [2.45, 2.75) is 32.6 Å². The lowest BCUT2D eigenvalue weighted by molar-refractivity contribution is -0.123. The molecule has 0 spiro atoms. The predicted molar refractivity (Wildman–Crippen MR) is 95.6 cm³/mol. The van der Waals surface area contributed by atoms with Crippen LogP contribution in [-0.4, -0.2) is 33.8 Å². The van der Waals surface area contributed by atoms with Crippen LogP contribution in [0, 0.1) is 0 Å². The molecule has 6 heteroatoms. The summed E-state index contributed by atoms with van der Waals surface area (Å²) >= 11 is 6.41. The van der Waals surface area contributed by atoms with E-state index in [2.05, 4.69) is 12.0 Å². The Balaban J connectivity index is 1.81. The van der Waals surface area contributed by atoms with Gasteiger partial charge in [-0.2, -0.15) is 10.1 Å². The van der Waals surface area contributed by atoms with Gasteiger partial charge in [0.05, 0.1) is 18.6 Å². The van der Waals surface area contributed by atoms with Crippen molar-refractivity contribution in [2.75, 3.05) is 12.4 Å². The first-order valence-corrected chi connectivity index (χ1v) is 8.86. The molecule has 22 heavy (non-hydrogen) atoms. The molecule has 1 saturated heterocycles. The van der Waals surface area contributed by atoms with Crippen molar-refractivity contribution in [1.82, 2.24) is 5.01 Å². The molecule has 4 nitrogen and oxygen atoms in total. The van der Waals surface area contributed by atoms with E-state index in [1.54, 1.807) is 6.21 Å². The van der Waals surface area contributed by atoms with Crippen LogP contribution in [-0.2, 0) is 4.79 Å². The molecule has 0 N–H and O–H groups in total. The number of hydrogen-bond donors (Lipinski definition) is 0. The molecule has 1 aromatic rings. The van der Waals surface area contributed by atoms with Crippen LogP contribution in [0.4, 0.5) is 0 Å². The van der Waals surface area contributed by atoms with E-state index in [9.17, 15) is 4.79 Å². The first-order valence-electron chi connectivity index (χ1n) is 7.47. The monoisotopic (exact) mass is 336 g/mol. The summed E-state index contributed by atoms with van der Waals surface area (Å²) in [6.07, 6.45) is 6.43. The number of ether oxygens (including phenoxy) is 1. The molecule has 0 aliphatic carbocycles. The summed E-state index contributed by atoms with van der Waals surface area (Å²) < 4.78 is 6.19. The molecule has 1 aliphatic heterocycles. The van der Waals surface area contributed by atoms with Crippen LogP contribution in [0.25, 0.3) is 0 Å². The van der Waals surface area contributed by atoms with E-state index in [1.807, 2.05) is 24.3 Å². The minimum absolute atomic E-state index is 0.0710. The van der Waals surface area contributed by atoms with Gasteiger partial charge < -0.3 is 4.74 Å². The molecule has 1 aromatic carbocycles. The van der Waals surface area contributed by atoms with Gasteiger partial charge in [0.25, 0.3) is 5.91 Å². The van der Waals surface area contributed by atoms with Gasteiger partial charge in [0.15, 0.2) is 4.32 Å². The lowest BCUT2D eigenvalue weighted by Gasteiger charge is -2.07. The normalized spacial score (nSPS) is 15.0. The highest BCUT2D eigenvalue weighted by Gasteiger charge is 2.25. The zero-order valence-corrected chi connectivity index (χ0v) is 14.3. The number of nitrogens with zero attached hydrogens (tertiary/aromatic N) is 2. The maximum atomic E-state index is 11.5. The summed E-state index contributed by atoms with van der Waals surface area (Å²) in [4.78, 5) is 11.5. The second kappa shape index (κ2) is 8.90. The fourth-order valence-corrected chi connectivity index (χ4v) is 2.92. The maximum Gasteiger partial charge on any atom is 0.259 e. The van der Waals surface area contributed by atoms with Crippen LogP contribution in [0.15, 0.2) is 29.4 Å². The minimum Gasteiger partial charge on any atom is -0.494 e. The van der Waals surface area contributed by atoms with Crippen molar-refractivity contribution in [3.63, 3.8) is 0 Å². The van der Waals surface area contributed by atoms with Crippen molar-refractivity contribution in [3.8, 4) is 5.75 Å². The first kappa shape index (κ1) is 17.0. The summed E-state index contributed by atoms with van der Waals surface area (Å²) in [7, 11) is 0. The highest BCUT2D eigenvalue weighted by Crippen LogP contribution is 2.19. The Labute approximate surface area is 140 Å². The van der Waals surface area contributed by atoms with Gasteiger partial charge in [0.1, 0.15) is 5.75 Å². The molecular weight excluding hydrogens is 316 g/mol. The van der Waals surface area contributed by atoms with Gasteiger partial charge in [0, 0.05) is 0 Å². The second-order valence-electron chi connectivity index (χ2n) is 4.98. The SMILES string of the molecule is CCCCCCOc1ccc(/C=N/N2C(=O)CSC2=S)cc1. The third kappa shape index (κ3) is 5.10. The Hall–Kier alpha value is -1.40. The van der Waals surface area contributed by atoms with Gasteiger partial charge >= 0.3 is 0 Å². The van der Waals surface area contributed by atoms with E-state index < -0.39 is 0 Å². The number of carbonyl (C=O) groups excluding carboxylic acids is 1. The van der Waals surface area contributed by atoms with E-state index >= 15 is 0 Å². The topological polar surface area (TPSA) is 41.9 Å². The van der Waals surface area contributed by atoms with Crippen molar-refractivity contribution < 1.29 is 9.53 Å². The van der Waals surface area contributed by atoms with Crippen molar-refractivity contribution in [2.24, 2.45) is 5.10 Å². The average molecular weight is 336 g/mol. The van der Waals surface area contributed by atoms with Crippen LogP contribution < -0.4 is 4.74 Å². The minimum atomic E-state index is -0.0710. The summed E-state index contributed by atoms with van der Waals surface area (Å²) in [6.45, 7) is 2.95. The molecule has 2 rings (SSSR count). The summed E-state index contributed by atoms with van der Waals surface area (Å²) in [6, 6.07) is 7.67. The first-order chi connectivity index (χ1) is 10.7. The van der Waals surface area contributed by atoms with E-state index in [0.717, 1.165) is 24.3 Å². The number of hydrogen-bond acceptors (Lipinski definition) is 5. The number of carbonyl (C=O) groups is 1. The predicted octanol–water partition coefficient (Wildman–Crippen LogP) is 3.84. The number of benzene rings is 1. The highest BCUT2D eigenvalue weighted by molar-refractivity contribution is 8.23. The zero-order valence-electron chi connectivity index (χ0n) is 12.7. The summed E-state index contributed by atoms with van der Waals surface area (Å²) in [5.74, 6) is 1.16. The lowest BCUT2D eigenvalue weighted by Crippen LogP contribution is -2.22. The fourth-order valence-electron chi connectivity index (χ4n) is 1.95. The number of rotatable bonds is 8. The molecule has 1 amide bonds. The highest BCUT2D eigenvalue weighted by atomic mass is 32.2. The molecule has 1 fully saturated rings. The Morgan fingerprint density at radius 3 is 2.73 bits per heavy atom. The van der Waals surface area contributed by atoms with Crippen molar-refractivity contribution >= 4 is 40.4 Å². The largest absolute Gasteiger partial charge is 0.494 e. The van der Waals surface area contributed by atoms with Crippen LogP contribution >= 0.6 is 24.0 Å². The van der Waals surface area contributed by atoms with Crippen molar-refractivity contribution in [1.29, 1.82) is 0 Å². The fraction of sp³-hybridized carbons (Fsp3) is 0.438. The van der Waals surface area contributed by atoms with Crippen LogP contribution in [0.1, 0.15) is 38.2 Å². The number of hydrazone groups is 1. The van der Waals surface area contributed by atoms with Gasteiger partial charge in [-0.15, -0.1) is 0 Å². The van der Waals surface area contributed by atoms with E-state index in [4.69, 9.17) is 17.0 Å². The lowest BCUT2D eigenvalue weighted by atomic mass is 10.2. The Morgan fingerprint density at radius 1 is 1.32 bits per heavy atom. The Morgan fingerprint density at radius 2 is 2.09 bits per heavy atom. The summed E-state index contributed by atoms with van der Waals surface area (Å²) in [5.41, 5.74) is 0.908. The smallest absolute Gasteiger partial charge is 0.259 e. The number of thioether (sulfide) groups is 1. The quantitative estimate of drug-likeness (QED) is 0.411. The number of unbranched alkanes of at least 4 members (excludes halogenated alkanes) is 3. The number of amides is 1. The van der Waals surface area contributed by atoms with E-state index in [0.29, 0.717) is 10.1 Å². The molecule has 0 aromatic heterocycles. The van der Waals surface area contributed by atoms with E-state index in [-0.39, 0.29) is 5.91 Å². The molecule has 0 bridgehead atoms. The van der Waals surface area contributed by atoms with Gasteiger partial charge in [-0.1, -0.05) is 50.2 Å². The summed E-state index contributed by atoms with van der Waals surface area (Å²) in [5, 5.41) is 5.41. The van der Waals surface area contributed by atoms with E-state index in [1.165, 1.54) is 36.0 Å². The number of thiocarbonyl (C=S) groups is 1. The molecule has 0 radical (unpaired) electrons. The van der Waals surface area contributed by atoms with Crippen LogP contribution in [0.2, 0.25) is 0 Å². The molecular formula is C16H20N2O2S2.